The maximum atomic E-state index is 15.0. The van der Waals surface area contributed by atoms with Gasteiger partial charge in [-0.3, -0.25) is 67.1 Å². The maximum Gasteiger partial charge on any atom is 0.329 e. The number of carbonyl (C=O) groups excluding carboxylic acids is 15. The van der Waals surface area contributed by atoms with Gasteiger partial charge in [0, 0.05) is 26.3 Å². The van der Waals surface area contributed by atoms with Gasteiger partial charge in [-0.2, -0.15) is 0 Å². The summed E-state index contributed by atoms with van der Waals surface area (Å²) in [6.07, 6.45) is -0.620. The highest BCUT2D eigenvalue weighted by atomic mass is 16.5. The summed E-state index contributed by atoms with van der Waals surface area (Å²) in [5, 5.41) is 42.8. The lowest BCUT2D eigenvalue weighted by Crippen LogP contribution is -2.64. The first-order valence-electron chi connectivity index (χ1n) is 37.1. The molecule has 32 heteroatoms. The van der Waals surface area contributed by atoms with Crippen molar-refractivity contribution >= 4 is 88.7 Å². The Morgan fingerprint density at radius 3 is 1.73 bits per heavy atom. The van der Waals surface area contributed by atoms with Gasteiger partial charge in [0.05, 0.1) is 12.7 Å². The Hall–Kier alpha value is -9.07. The number of aliphatic hydroxyl groups is 1. The standard InChI is InChI=1S/C74H120N14O18/c1-19-42(14)58(70(100)87-61-45(17)106-74(104)57(41(12)13)83-62(92)48(21-3)76-64(94)50(36-47-28-23-22-24-29-47)78-66(96)54(38(6)7)80-69(99)59(43(15)20-2)85-72(61)102)84-63(93)49(30-25-33-75)77-65(95)51-31-26-34-88(51)73(103)56(40(10)11)82-68(98)55(39(8)9)81-71(101)60(44(16)89)86-67(97)53(37(4)5)79-52(91)32-27-35-105-46(18)90/h21-24,28-29,37-45,49-51,53-61,89H,19-20,25-27,30-36,75H2,1-18H3,(H,76,94)(H,77,95)(H,78,96)(H,79,91)(H,80,99)(H,81,101)(H,82,98)(H,83,92)(H,84,93)(H,85,102)(H,86,97)(H,87,100)/b48-21-/t42-,43-,44-,45+,49+,50+,51-,53-,54-,55+,56-,57+,58-,59-,60+,61-/m1/s1. The third kappa shape index (κ3) is 27.7. The number of aliphatic hydroxyl groups excluding tert-OH is 1. The minimum absolute atomic E-state index is 0.0167. The molecular formula is C74H120N14O18. The molecule has 2 aliphatic heterocycles. The zero-order valence-electron chi connectivity index (χ0n) is 65.0. The van der Waals surface area contributed by atoms with Crippen LogP contribution in [0.4, 0.5) is 0 Å². The summed E-state index contributed by atoms with van der Waals surface area (Å²) in [5.41, 5.74) is 6.32. The molecule has 15 N–H and O–H groups in total. The van der Waals surface area contributed by atoms with E-state index < -0.39 is 215 Å². The minimum atomic E-state index is -1.84. The zero-order chi connectivity index (χ0) is 80.1. The molecule has 106 heavy (non-hydrogen) atoms. The first-order valence-corrected chi connectivity index (χ1v) is 37.1. The Bertz CT molecular complexity index is 3240. The molecule has 2 fully saturated rings. The molecule has 0 spiro atoms. The van der Waals surface area contributed by atoms with Gasteiger partial charge in [0.25, 0.3) is 5.91 Å². The summed E-state index contributed by atoms with van der Waals surface area (Å²) in [5.74, 6) is -16.6. The van der Waals surface area contributed by atoms with Crippen molar-refractivity contribution in [2.24, 2.45) is 47.2 Å². The Morgan fingerprint density at radius 1 is 0.642 bits per heavy atom. The predicted octanol–water partition coefficient (Wildman–Crippen LogP) is 0.353. The van der Waals surface area contributed by atoms with Crippen LogP contribution in [0.15, 0.2) is 42.1 Å². The summed E-state index contributed by atoms with van der Waals surface area (Å²) in [6, 6.07) is -7.99. The van der Waals surface area contributed by atoms with E-state index in [1.165, 1.54) is 38.7 Å². The van der Waals surface area contributed by atoms with Crippen molar-refractivity contribution in [3.8, 4) is 0 Å². The molecule has 0 aliphatic carbocycles. The lowest BCUT2D eigenvalue weighted by atomic mass is 9.95. The fraction of sp³-hybridized carbons (Fsp3) is 0.689. The van der Waals surface area contributed by atoms with Crippen LogP contribution < -0.4 is 69.5 Å². The lowest BCUT2D eigenvalue weighted by Gasteiger charge is -2.33. The third-order valence-electron chi connectivity index (χ3n) is 18.9. The molecule has 13 amide bonds. The van der Waals surface area contributed by atoms with E-state index in [0.29, 0.717) is 18.4 Å². The molecule has 1 aromatic rings. The van der Waals surface area contributed by atoms with Gasteiger partial charge in [-0.1, -0.05) is 146 Å². The predicted molar refractivity (Wildman–Crippen MR) is 393 cm³/mol. The first-order chi connectivity index (χ1) is 49.7. The van der Waals surface area contributed by atoms with Gasteiger partial charge >= 0.3 is 11.9 Å². The van der Waals surface area contributed by atoms with E-state index in [-0.39, 0.29) is 70.3 Å². The molecular weight excluding hydrogens is 1370 g/mol. The van der Waals surface area contributed by atoms with E-state index in [2.05, 4.69) is 63.8 Å². The van der Waals surface area contributed by atoms with Crippen LogP contribution in [0.25, 0.3) is 0 Å². The zero-order valence-corrected chi connectivity index (χ0v) is 65.0. The molecule has 0 radical (unpaired) electrons. The smallest absolute Gasteiger partial charge is 0.329 e. The highest BCUT2D eigenvalue weighted by Crippen LogP contribution is 2.23. The van der Waals surface area contributed by atoms with Gasteiger partial charge in [0.15, 0.2) is 0 Å². The number of hydrogen-bond acceptors (Lipinski definition) is 19. The van der Waals surface area contributed by atoms with Crippen molar-refractivity contribution in [1.82, 2.24) is 68.7 Å². The van der Waals surface area contributed by atoms with Crippen LogP contribution >= 0.6 is 0 Å². The molecule has 594 valence electrons. The Morgan fingerprint density at radius 2 is 1.19 bits per heavy atom. The number of rotatable bonds is 33. The molecule has 3 rings (SSSR count). The summed E-state index contributed by atoms with van der Waals surface area (Å²) < 4.78 is 10.8. The summed E-state index contributed by atoms with van der Waals surface area (Å²) >= 11 is 0. The molecule has 0 unspecified atom stereocenters. The molecule has 0 aromatic heterocycles. The number of esters is 2. The second-order valence-electron chi connectivity index (χ2n) is 29.3. The molecule has 2 heterocycles. The average Bonchev–Trinajstić information content (AvgIpc) is 1.44. The highest BCUT2D eigenvalue weighted by molar-refractivity contribution is 6.03. The number of amides is 13. The normalized spacial score (nSPS) is 22.3. The van der Waals surface area contributed by atoms with Crippen LogP contribution in [0.3, 0.4) is 0 Å². The summed E-state index contributed by atoms with van der Waals surface area (Å²) in [7, 11) is 0. The van der Waals surface area contributed by atoms with Crippen LogP contribution in [-0.4, -0.2) is 203 Å². The van der Waals surface area contributed by atoms with Gasteiger partial charge in [-0.25, -0.2) is 4.79 Å². The number of benzene rings is 1. The summed E-state index contributed by atoms with van der Waals surface area (Å²) in [6.45, 7) is 28.5. The van der Waals surface area contributed by atoms with Crippen LogP contribution in [0.1, 0.15) is 182 Å². The van der Waals surface area contributed by atoms with Crippen molar-refractivity contribution in [3.05, 3.63) is 47.7 Å². The SMILES string of the molecule is C/C=C1\NC(=O)[C@H](Cc2ccccc2)NC(=O)[C@@H](C(C)C)NC(=O)[C@@H]([C@H](C)CC)NC(=O)[C@H](NC(=O)[C@H](NC(=O)[C@H](CCCN)NC(=O)[C@H]2CCCN2C(=O)[C@H](NC(=O)[C@@H](NC(=O)[C@@H](NC(=O)[C@H](NC(=O)CCCOC(C)=O)C(C)C)[C@@H](C)O)C(C)C)C(C)C)[C@H](C)CC)[C@H](C)OC(=O)[C@H](C(C)C)NC1=O. The van der Waals surface area contributed by atoms with Crippen LogP contribution in [0.2, 0.25) is 0 Å². The minimum Gasteiger partial charge on any atom is -0.466 e. The third-order valence-corrected chi connectivity index (χ3v) is 18.9. The Labute approximate surface area is 623 Å². The van der Waals surface area contributed by atoms with Crippen molar-refractivity contribution in [1.29, 1.82) is 0 Å². The van der Waals surface area contributed by atoms with Gasteiger partial charge in [0.2, 0.25) is 70.9 Å². The number of nitrogens with one attached hydrogen (secondary N) is 12. The fourth-order valence-corrected chi connectivity index (χ4v) is 11.9. The highest BCUT2D eigenvalue weighted by Gasteiger charge is 2.44. The van der Waals surface area contributed by atoms with Crippen LogP contribution in [0.5, 0.6) is 0 Å². The average molecular weight is 1490 g/mol. The van der Waals surface area contributed by atoms with E-state index >= 15 is 9.59 Å². The lowest BCUT2D eigenvalue weighted by molar-refractivity contribution is -0.157. The second-order valence-corrected chi connectivity index (χ2v) is 29.3. The van der Waals surface area contributed by atoms with Gasteiger partial charge in [0.1, 0.15) is 84.3 Å². The van der Waals surface area contributed by atoms with Crippen LogP contribution in [-0.2, 0) is 87.8 Å². The number of nitrogens with two attached hydrogens (primary N) is 1. The molecule has 2 aliphatic rings. The largest absolute Gasteiger partial charge is 0.466 e. The van der Waals surface area contributed by atoms with Crippen molar-refractivity contribution in [2.45, 2.75) is 267 Å². The molecule has 1 aromatic carbocycles. The topological polar surface area (TPSA) is 468 Å². The van der Waals surface area contributed by atoms with E-state index in [1.807, 2.05) is 0 Å². The first kappa shape index (κ1) is 91.1. The monoisotopic (exact) mass is 1490 g/mol. The number of allylic oxidation sites excluding steroid dienone is 1. The number of hydrogen-bond donors (Lipinski definition) is 14. The second kappa shape index (κ2) is 44.2. The van der Waals surface area contributed by atoms with Gasteiger partial charge in [-0.05, 0) is 106 Å². The van der Waals surface area contributed by atoms with E-state index in [9.17, 15) is 67.4 Å². The fourth-order valence-electron chi connectivity index (χ4n) is 11.9. The number of ether oxygens (including phenoxy) is 2. The Kier molecular flexibility index (Phi) is 38.0. The van der Waals surface area contributed by atoms with E-state index in [0.717, 1.165) is 0 Å². The molecule has 32 nitrogen and oxygen atoms in total. The Balaban J connectivity index is 1.99. The van der Waals surface area contributed by atoms with E-state index in [1.54, 1.807) is 127 Å². The maximum absolute atomic E-state index is 15.0. The quantitative estimate of drug-likeness (QED) is 0.0256. The van der Waals surface area contributed by atoms with Crippen molar-refractivity contribution in [2.75, 3.05) is 19.7 Å². The van der Waals surface area contributed by atoms with E-state index in [4.69, 9.17) is 15.2 Å². The molecule has 16 atom stereocenters. The number of cyclic esters (lactones) is 1. The van der Waals surface area contributed by atoms with Gasteiger partial charge < -0.3 is 89.0 Å². The summed E-state index contributed by atoms with van der Waals surface area (Å²) in [4.78, 5) is 213. The molecule has 0 saturated carbocycles. The van der Waals surface area contributed by atoms with Crippen molar-refractivity contribution in [3.63, 3.8) is 0 Å². The molecule has 2 saturated heterocycles. The number of likely N-dealkylation sites (tertiary alicyclic amines) is 1. The van der Waals surface area contributed by atoms with Crippen LogP contribution in [0, 0.1) is 41.4 Å². The van der Waals surface area contributed by atoms with Gasteiger partial charge in [-0.15, -0.1) is 0 Å². The molecule has 0 bridgehead atoms. The number of nitrogens with zero attached hydrogens (tertiary/aromatic N) is 1. The van der Waals surface area contributed by atoms with Crippen molar-refractivity contribution < 1.29 is 86.5 Å². The number of carbonyl (C=O) groups is 15.